The van der Waals surface area contributed by atoms with E-state index in [0.29, 0.717) is 39.0 Å². The van der Waals surface area contributed by atoms with Crippen molar-refractivity contribution in [3.8, 4) is 11.1 Å². The van der Waals surface area contributed by atoms with E-state index in [1.165, 1.54) is 6.33 Å². The van der Waals surface area contributed by atoms with Crippen molar-refractivity contribution >= 4 is 27.8 Å². The van der Waals surface area contributed by atoms with E-state index in [1.807, 2.05) is 42.5 Å². The van der Waals surface area contributed by atoms with Crippen molar-refractivity contribution in [3.63, 3.8) is 0 Å². The molecule has 8 nitrogen and oxygen atoms in total. The minimum Gasteiger partial charge on any atom is -0.458 e. The van der Waals surface area contributed by atoms with Crippen LogP contribution < -0.4 is 11.2 Å². The molecule has 3 heterocycles. The minimum absolute atomic E-state index is 0.119. The Morgan fingerprint density at radius 3 is 2.60 bits per heavy atom. The second-order valence-electron chi connectivity index (χ2n) is 6.81. The van der Waals surface area contributed by atoms with E-state index in [-0.39, 0.29) is 24.4 Å². The zero-order valence-corrected chi connectivity index (χ0v) is 15.8. The Hall–Kier alpha value is -4.04. The van der Waals surface area contributed by atoms with Crippen LogP contribution in [0.3, 0.4) is 0 Å². The van der Waals surface area contributed by atoms with Crippen LogP contribution in [-0.2, 0) is 13.2 Å². The SMILES string of the molecule is Nc1ncnc2c1c(CO)nn2Cc1oc2ccccc2c(=O)c1-c1ccccc1. The number of nitrogens with two attached hydrogens (primary N) is 1. The van der Waals surface area contributed by atoms with Gasteiger partial charge in [0.05, 0.1) is 22.9 Å². The number of nitrogens with zero attached hydrogens (tertiary/aromatic N) is 4. The lowest BCUT2D eigenvalue weighted by Gasteiger charge is -2.11. The number of aliphatic hydroxyl groups excluding tert-OH is 1. The third-order valence-electron chi connectivity index (χ3n) is 5.01. The van der Waals surface area contributed by atoms with Crippen molar-refractivity contribution in [2.75, 3.05) is 5.73 Å². The highest BCUT2D eigenvalue weighted by Crippen LogP contribution is 2.27. The summed E-state index contributed by atoms with van der Waals surface area (Å²) in [5, 5.41) is 15.1. The predicted octanol–water partition coefficient (Wildman–Crippen LogP) is 2.72. The Bertz CT molecular complexity index is 1440. The number of rotatable bonds is 4. The number of hydrogen-bond acceptors (Lipinski definition) is 7. The fourth-order valence-electron chi connectivity index (χ4n) is 3.66. The maximum atomic E-state index is 13.3. The summed E-state index contributed by atoms with van der Waals surface area (Å²) in [4.78, 5) is 21.6. The fraction of sp³-hybridized carbons (Fsp3) is 0.0909. The van der Waals surface area contributed by atoms with Crippen LogP contribution in [0, 0.1) is 0 Å². The Kier molecular flexibility index (Phi) is 4.26. The summed E-state index contributed by atoms with van der Waals surface area (Å²) in [5.41, 5.74) is 8.38. The fourth-order valence-corrected chi connectivity index (χ4v) is 3.66. The maximum Gasteiger partial charge on any atom is 0.200 e. The molecule has 0 amide bonds. The zero-order valence-electron chi connectivity index (χ0n) is 15.8. The van der Waals surface area contributed by atoms with Gasteiger partial charge in [-0.2, -0.15) is 5.10 Å². The van der Waals surface area contributed by atoms with Crippen LogP contribution in [-0.4, -0.2) is 24.9 Å². The first kappa shape index (κ1) is 18.0. The van der Waals surface area contributed by atoms with Gasteiger partial charge in [-0.3, -0.25) is 4.79 Å². The highest BCUT2D eigenvalue weighted by atomic mass is 16.3. The van der Waals surface area contributed by atoms with Crippen LogP contribution in [0.25, 0.3) is 33.1 Å². The van der Waals surface area contributed by atoms with E-state index in [2.05, 4.69) is 15.1 Å². The molecular weight excluding hydrogens is 382 g/mol. The summed E-state index contributed by atoms with van der Waals surface area (Å²) < 4.78 is 7.72. The molecule has 0 aliphatic heterocycles. The highest BCUT2D eigenvalue weighted by Gasteiger charge is 2.20. The van der Waals surface area contributed by atoms with Crippen molar-refractivity contribution in [1.82, 2.24) is 19.7 Å². The Morgan fingerprint density at radius 2 is 1.80 bits per heavy atom. The van der Waals surface area contributed by atoms with Gasteiger partial charge < -0.3 is 15.3 Å². The number of aliphatic hydroxyl groups is 1. The van der Waals surface area contributed by atoms with Gasteiger partial charge in [-0.05, 0) is 17.7 Å². The molecule has 0 atom stereocenters. The minimum atomic E-state index is -0.311. The van der Waals surface area contributed by atoms with E-state index in [1.54, 1.807) is 16.8 Å². The predicted molar refractivity (Wildman–Crippen MR) is 113 cm³/mol. The quantitative estimate of drug-likeness (QED) is 0.477. The average Bonchev–Trinajstić information content (AvgIpc) is 3.13. The van der Waals surface area contributed by atoms with Gasteiger partial charge in [-0.25, -0.2) is 14.6 Å². The first-order valence-electron chi connectivity index (χ1n) is 9.34. The molecular formula is C22H17N5O3. The number of para-hydroxylation sites is 1. The van der Waals surface area contributed by atoms with Gasteiger partial charge in [0.25, 0.3) is 0 Å². The number of benzene rings is 2. The molecule has 3 N–H and O–H groups in total. The molecule has 0 saturated heterocycles. The van der Waals surface area contributed by atoms with Crippen molar-refractivity contribution in [2.45, 2.75) is 13.2 Å². The number of fused-ring (bicyclic) bond motifs is 2. The molecule has 0 saturated carbocycles. The van der Waals surface area contributed by atoms with E-state index >= 15 is 0 Å². The maximum absolute atomic E-state index is 13.3. The van der Waals surface area contributed by atoms with Crippen molar-refractivity contribution in [3.05, 3.63) is 82.6 Å². The van der Waals surface area contributed by atoms with Crippen LogP contribution in [0.4, 0.5) is 5.82 Å². The Morgan fingerprint density at radius 1 is 1.03 bits per heavy atom. The van der Waals surface area contributed by atoms with Crippen molar-refractivity contribution < 1.29 is 9.52 Å². The largest absolute Gasteiger partial charge is 0.458 e. The Labute approximate surface area is 170 Å². The summed E-state index contributed by atoms with van der Waals surface area (Å²) in [6, 6.07) is 16.5. The molecule has 3 aromatic heterocycles. The molecule has 0 aliphatic rings. The first-order valence-corrected chi connectivity index (χ1v) is 9.34. The molecule has 8 heteroatoms. The number of aromatic nitrogens is 4. The van der Waals surface area contributed by atoms with Crippen LogP contribution in [0.2, 0.25) is 0 Å². The van der Waals surface area contributed by atoms with Gasteiger partial charge in [0, 0.05) is 0 Å². The van der Waals surface area contributed by atoms with Gasteiger partial charge >= 0.3 is 0 Å². The smallest absolute Gasteiger partial charge is 0.200 e. The lowest BCUT2D eigenvalue weighted by atomic mass is 10.0. The molecule has 0 fully saturated rings. The number of hydrogen-bond donors (Lipinski definition) is 2. The van der Waals surface area contributed by atoms with E-state index in [9.17, 15) is 9.90 Å². The number of anilines is 1. The van der Waals surface area contributed by atoms with Crippen LogP contribution in [0.5, 0.6) is 0 Å². The molecule has 5 aromatic rings. The van der Waals surface area contributed by atoms with Crippen LogP contribution in [0.15, 0.2) is 70.1 Å². The lowest BCUT2D eigenvalue weighted by Crippen LogP contribution is -2.13. The third kappa shape index (κ3) is 2.82. The summed E-state index contributed by atoms with van der Waals surface area (Å²) in [5.74, 6) is 0.675. The normalized spacial score (nSPS) is 11.4. The summed E-state index contributed by atoms with van der Waals surface area (Å²) in [6.45, 7) is -0.175. The third-order valence-corrected chi connectivity index (χ3v) is 5.01. The molecule has 0 aliphatic carbocycles. The van der Waals surface area contributed by atoms with Gasteiger partial charge in [0.2, 0.25) is 5.43 Å². The molecule has 2 aromatic carbocycles. The summed E-state index contributed by atoms with van der Waals surface area (Å²) >= 11 is 0. The van der Waals surface area contributed by atoms with E-state index in [0.717, 1.165) is 5.56 Å². The average molecular weight is 399 g/mol. The molecule has 0 unspecified atom stereocenters. The number of nitrogen functional groups attached to an aromatic ring is 1. The Balaban J connectivity index is 1.77. The van der Waals surface area contributed by atoms with E-state index < -0.39 is 0 Å². The van der Waals surface area contributed by atoms with Gasteiger partial charge in [0.15, 0.2) is 5.65 Å². The topological polar surface area (TPSA) is 120 Å². The molecule has 148 valence electrons. The summed E-state index contributed by atoms with van der Waals surface area (Å²) in [6.07, 6.45) is 1.34. The molecule has 30 heavy (non-hydrogen) atoms. The van der Waals surface area contributed by atoms with Crippen LogP contribution >= 0.6 is 0 Å². The molecule has 0 bridgehead atoms. The second-order valence-corrected chi connectivity index (χ2v) is 6.81. The molecule has 5 rings (SSSR count). The van der Waals surface area contributed by atoms with Gasteiger partial charge in [-0.15, -0.1) is 0 Å². The highest BCUT2D eigenvalue weighted by molar-refractivity contribution is 5.88. The molecule has 0 radical (unpaired) electrons. The van der Waals surface area contributed by atoms with Gasteiger partial charge in [0.1, 0.15) is 35.7 Å². The van der Waals surface area contributed by atoms with Crippen molar-refractivity contribution in [1.29, 1.82) is 0 Å². The standard InChI is InChI=1S/C22H17N5O3/c23-21-19-15(11-28)26-27(22(19)25-12-24-21)10-17-18(13-6-2-1-3-7-13)20(29)14-8-4-5-9-16(14)30-17/h1-9,12,28H,10-11H2,(H2,23,24,25). The first-order chi connectivity index (χ1) is 14.7. The van der Waals surface area contributed by atoms with E-state index in [4.69, 9.17) is 10.2 Å². The second kappa shape index (κ2) is 7.09. The molecule has 0 spiro atoms. The van der Waals surface area contributed by atoms with Crippen LogP contribution in [0.1, 0.15) is 11.5 Å². The monoisotopic (exact) mass is 399 g/mol. The zero-order chi connectivity index (χ0) is 20.7. The van der Waals surface area contributed by atoms with Crippen molar-refractivity contribution in [2.24, 2.45) is 0 Å². The summed E-state index contributed by atoms with van der Waals surface area (Å²) in [7, 11) is 0. The van der Waals surface area contributed by atoms with Gasteiger partial charge in [-0.1, -0.05) is 42.5 Å². The lowest BCUT2D eigenvalue weighted by molar-refractivity contribution is 0.276.